The van der Waals surface area contributed by atoms with Crippen molar-refractivity contribution in [1.29, 1.82) is 0 Å². The molecular weight excluding hydrogens is 276 g/mol. The number of rotatable bonds is 3. The summed E-state index contributed by atoms with van der Waals surface area (Å²) in [5.74, 6) is 0.559. The van der Waals surface area contributed by atoms with Crippen molar-refractivity contribution >= 4 is 23.2 Å². The second-order valence-corrected chi connectivity index (χ2v) is 5.60. The van der Waals surface area contributed by atoms with Crippen molar-refractivity contribution in [2.45, 2.75) is 12.5 Å². The SMILES string of the molecule is CN(C(=O)c1ccc(-c2cccs2)o1)C1CCNC1=O. The first-order chi connectivity index (χ1) is 9.66. The quantitative estimate of drug-likeness (QED) is 0.940. The van der Waals surface area contributed by atoms with E-state index in [1.807, 2.05) is 17.5 Å². The van der Waals surface area contributed by atoms with Gasteiger partial charge in [-0.25, -0.2) is 0 Å². The highest BCUT2D eigenvalue weighted by atomic mass is 32.1. The Bertz CT molecular complexity index is 633. The number of furan rings is 1. The van der Waals surface area contributed by atoms with Crippen LogP contribution in [0, 0.1) is 0 Å². The Morgan fingerprint density at radius 3 is 2.95 bits per heavy atom. The maximum atomic E-state index is 12.3. The van der Waals surface area contributed by atoms with E-state index in [2.05, 4.69) is 5.32 Å². The first-order valence-electron chi connectivity index (χ1n) is 6.35. The summed E-state index contributed by atoms with van der Waals surface area (Å²) in [7, 11) is 1.63. The first-order valence-corrected chi connectivity index (χ1v) is 7.23. The van der Waals surface area contributed by atoms with E-state index in [-0.39, 0.29) is 17.6 Å². The highest BCUT2D eigenvalue weighted by Crippen LogP contribution is 2.27. The lowest BCUT2D eigenvalue weighted by atomic mass is 10.2. The fraction of sp³-hybridized carbons (Fsp3) is 0.286. The summed E-state index contributed by atoms with van der Waals surface area (Å²) in [6.07, 6.45) is 0.638. The van der Waals surface area contributed by atoms with E-state index in [9.17, 15) is 9.59 Å². The average Bonchev–Trinajstić information content (AvgIpc) is 3.17. The Labute approximate surface area is 120 Å². The summed E-state index contributed by atoms with van der Waals surface area (Å²) in [4.78, 5) is 26.3. The number of nitrogens with one attached hydrogen (secondary N) is 1. The Hall–Kier alpha value is -2.08. The molecular formula is C14H14N2O3S. The molecule has 0 spiro atoms. The third-order valence-electron chi connectivity index (χ3n) is 3.39. The number of hydrogen-bond acceptors (Lipinski definition) is 4. The van der Waals surface area contributed by atoms with Crippen LogP contribution in [0.2, 0.25) is 0 Å². The lowest BCUT2D eigenvalue weighted by molar-refractivity contribution is -0.122. The van der Waals surface area contributed by atoms with Gasteiger partial charge in [0.2, 0.25) is 5.91 Å². The number of nitrogens with zero attached hydrogens (tertiary/aromatic N) is 1. The molecule has 1 unspecified atom stereocenters. The molecule has 3 rings (SSSR count). The van der Waals surface area contributed by atoms with E-state index in [0.717, 1.165) is 4.88 Å². The molecule has 3 heterocycles. The molecule has 20 heavy (non-hydrogen) atoms. The summed E-state index contributed by atoms with van der Waals surface area (Å²) in [6.45, 7) is 0.611. The van der Waals surface area contributed by atoms with Gasteiger partial charge in [-0.05, 0) is 30.0 Å². The van der Waals surface area contributed by atoms with Crippen molar-refractivity contribution in [3.05, 3.63) is 35.4 Å². The number of carbonyl (C=O) groups excluding carboxylic acids is 2. The van der Waals surface area contributed by atoms with E-state index in [1.54, 1.807) is 30.5 Å². The molecule has 2 aromatic heterocycles. The maximum absolute atomic E-state index is 12.3. The lowest BCUT2D eigenvalue weighted by Crippen LogP contribution is -2.41. The number of likely N-dealkylation sites (N-methyl/N-ethyl adjacent to an activating group) is 1. The molecule has 0 radical (unpaired) electrons. The molecule has 0 saturated carbocycles. The molecule has 0 aromatic carbocycles. The van der Waals surface area contributed by atoms with Crippen LogP contribution in [0.4, 0.5) is 0 Å². The second kappa shape index (κ2) is 5.13. The maximum Gasteiger partial charge on any atom is 0.290 e. The molecule has 1 fully saturated rings. The molecule has 5 nitrogen and oxygen atoms in total. The van der Waals surface area contributed by atoms with E-state index >= 15 is 0 Å². The van der Waals surface area contributed by atoms with E-state index in [0.29, 0.717) is 18.7 Å². The first kappa shape index (κ1) is 12.9. The second-order valence-electron chi connectivity index (χ2n) is 4.65. The zero-order chi connectivity index (χ0) is 14.1. The van der Waals surface area contributed by atoms with Gasteiger partial charge in [-0.3, -0.25) is 9.59 Å². The van der Waals surface area contributed by atoms with Gasteiger partial charge in [0.15, 0.2) is 5.76 Å². The molecule has 0 bridgehead atoms. The fourth-order valence-corrected chi connectivity index (χ4v) is 2.96. The smallest absolute Gasteiger partial charge is 0.290 e. The van der Waals surface area contributed by atoms with Gasteiger partial charge < -0.3 is 14.6 Å². The van der Waals surface area contributed by atoms with Crippen LogP contribution in [0.3, 0.4) is 0 Å². The zero-order valence-corrected chi connectivity index (χ0v) is 11.8. The standard InChI is InChI=1S/C14H14N2O3S/c1-16(9-6-7-15-13(9)17)14(18)11-5-4-10(19-11)12-3-2-8-20-12/h2-5,8-9H,6-7H2,1H3,(H,15,17). The van der Waals surface area contributed by atoms with Crippen molar-refractivity contribution in [2.24, 2.45) is 0 Å². The number of amides is 2. The van der Waals surface area contributed by atoms with Gasteiger partial charge in [-0.15, -0.1) is 11.3 Å². The van der Waals surface area contributed by atoms with Crippen LogP contribution in [0.15, 0.2) is 34.1 Å². The Morgan fingerprint density at radius 2 is 2.30 bits per heavy atom. The van der Waals surface area contributed by atoms with Crippen LogP contribution in [-0.4, -0.2) is 36.3 Å². The van der Waals surface area contributed by atoms with Crippen LogP contribution in [-0.2, 0) is 4.79 Å². The summed E-state index contributed by atoms with van der Waals surface area (Å²) in [5, 5.41) is 4.68. The summed E-state index contributed by atoms with van der Waals surface area (Å²) < 4.78 is 5.59. The van der Waals surface area contributed by atoms with Crippen LogP contribution < -0.4 is 5.32 Å². The molecule has 6 heteroatoms. The van der Waals surface area contributed by atoms with E-state index in [1.165, 1.54) is 4.90 Å². The summed E-state index contributed by atoms with van der Waals surface area (Å²) >= 11 is 1.55. The summed E-state index contributed by atoms with van der Waals surface area (Å²) in [5.41, 5.74) is 0. The third kappa shape index (κ3) is 2.22. The minimum absolute atomic E-state index is 0.106. The minimum Gasteiger partial charge on any atom is -0.450 e. The Kier molecular flexibility index (Phi) is 3.31. The zero-order valence-electron chi connectivity index (χ0n) is 11.0. The highest BCUT2D eigenvalue weighted by Gasteiger charge is 2.32. The van der Waals surface area contributed by atoms with Crippen LogP contribution in [0.1, 0.15) is 17.0 Å². The lowest BCUT2D eigenvalue weighted by Gasteiger charge is -2.20. The molecule has 104 valence electrons. The third-order valence-corrected chi connectivity index (χ3v) is 4.27. The molecule has 2 amide bonds. The van der Waals surface area contributed by atoms with Gasteiger partial charge in [-0.1, -0.05) is 6.07 Å². The van der Waals surface area contributed by atoms with Crippen molar-refractivity contribution in [3.63, 3.8) is 0 Å². The van der Waals surface area contributed by atoms with Crippen LogP contribution >= 0.6 is 11.3 Å². The monoisotopic (exact) mass is 290 g/mol. The molecule has 2 aromatic rings. The van der Waals surface area contributed by atoms with Gasteiger partial charge in [0.25, 0.3) is 5.91 Å². The van der Waals surface area contributed by atoms with Crippen molar-refractivity contribution in [1.82, 2.24) is 10.2 Å². The molecule has 1 aliphatic rings. The van der Waals surface area contributed by atoms with Gasteiger partial charge in [0.05, 0.1) is 4.88 Å². The van der Waals surface area contributed by atoms with Gasteiger partial charge in [0, 0.05) is 13.6 Å². The van der Waals surface area contributed by atoms with Gasteiger partial charge in [0.1, 0.15) is 11.8 Å². The molecule has 1 saturated heterocycles. The topological polar surface area (TPSA) is 62.6 Å². The fourth-order valence-electron chi connectivity index (χ4n) is 2.27. The predicted molar refractivity (Wildman–Crippen MR) is 75.5 cm³/mol. The highest BCUT2D eigenvalue weighted by molar-refractivity contribution is 7.13. The molecule has 1 atom stereocenters. The van der Waals surface area contributed by atoms with Crippen molar-refractivity contribution < 1.29 is 14.0 Å². The Morgan fingerprint density at radius 1 is 1.45 bits per heavy atom. The van der Waals surface area contributed by atoms with Crippen molar-refractivity contribution in [3.8, 4) is 10.6 Å². The number of hydrogen-bond donors (Lipinski definition) is 1. The van der Waals surface area contributed by atoms with Crippen LogP contribution in [0.25, 0.3) is 10.6 Å². The van der Waals surface area contributed by atoms with Gasteiger partial charge >= 0.3 is 0 Å². The largest absolute Gasteiger partial charge is 0.450 e. The molecule has 1 N–H and O–H groups in total. The Balaban J connectivity index is 1.79. The van der Waals surface area contributed by atoms with E-state index in [4.69, 9.17) is 4.42 Å². The van der Waals surface area contributed by atoms with Crippen molar-refractivity contribution in [2.75, 3.05) is 13.6 Å². The number of thiophene rings is 1. The minimum atomic E-state index is -0.405. The van der Waals surface area contributed by atoms with E-state index < -0.39 is 6.04 Å². The average molecular weight is 290 g/mol. The normalized spacial score (nSPS) is 18.1. The number of carbonyl (C=O) groups is 2. The molecule has 1 aliphatic heterocycles. The van der Waals surface area contributed by atoms with Crippen LogP contribution in [0.5, 0.6) is 0 Å². The van der Waals surface area contributed by atoms with Gasteiger partial charge in [-0.2, -0.15) is 0 Å². The summed E-state index contributed by atoms with van der Waals surface area (Å²) in [6, 6.07) is 6.89. The molecule has 0 aliphatic carbocycles. The predicted octanol–water partition coefficient (Wildman–Crippen LogP) is 1.97.